The molecule has 1 amide bonds. The minimum absolute atomic E-state index is 0.0113. The maximum atomic E-state index is 12.6. The lowest BCUT2D eigenvalue weighted by Gasteiger charge is -2.43. The van der Waals surface area contributed by atoms with Crippen LogP contribution in [0.3, 0.4) is 0 Å². The molecule has 1 N–H and O–H groups in total. The number of nitrogens with zero attached hydrogens (tertiary/aromatic N) is 1. The van der Waals surface area contributed by atoms with E-state index in [0.717, 1.165) is 34.9 Å². The van der Waals surface area contributed by atoms with Crippen molar-refractivity contribution in [2.45, 2.75) is 37.6 Å². The third-order valence-corrected chi connectivity index (χ3v) is 6.04. The first-order valence-corrected chi connectivity index (χ1v) is 10.5. The van der Waals surface area contributed by atoms with E-state index < -0.39 is 0 Å². The zero-order valence-electron chi connectivity index (χ0n) is 15.3. The highest BCUT2D eigenvalue weighted by Gasteiger charge is 2.39. The van der Waals surface area contributed by atoms with E-state index in [2.05, 4.69) is 38.4 Å². The van der Waals surface area contributed by atoms with Crippen LogP contribution in [-0.4, -0.2) is 10.9 Å². The van der Waals surface area contributed by atoms with Gasteiger partial charge in [0.15, 0.2) is 11.7 Å². The molecule has 28 heavy (non-hydrogen) atoms. The van der Waals surface area contributed by atoms with Crippen molar-refractivity contribution in [1.29, 1.82) is 0 Å². The first-order chi connectivity index (χ1) is 13.6. The molecule has 1 fully saturated rings. The van der Waals surface area contributed by atoms with Crippen LogP contribution < -0.4 is 5.32 Å². The SMILES string of the molecule is O=C(CCc1ncc(-c2ccccc2Cl)o1)NC1(c2cccc(Br)c2)CCC1. The van der Waals surface area contributed by atoms with Gasteiger partial charge < -0.3 is 9.73 Å². The normalized spacial score (nSPS) is 15.1. The first kappa shape index (κ1) is 19.2. The van der Waals surface area contributed by atoms with Gasteiger partial charge in [-0.15, -0.1) is 0 Å². The van der Waals surface area contributed by atoms with Crippen molar-refractivity contribution in [3.8, 4) is 11.3 Å². The van der Waals surface area contributed by atoms with Crippen LogP contribution >= 0.6 is 27.5 Å². The molecule has 0 unspecified atom stereocenters. The predicted octanol–water partition coefficient (Wildman–Crippen LogP) is 5.89. The standard InChI is InChI=1S/C22H20BrClN2O2/c23-16-6-3-5-15(13-16)22(11-4-12-22)26-20(27)9-10-21-25-14-19(28-21)17-7-1-2-8-18(17)24/h1-3,5-8,13-14H,4,9-12H2,(H,26,27). The molecule has 3 aromatic rings. The highest BCUT2D eigenvalue weighted by Crippen LogP contribution is 2.42. The van der Waals surface area contributed by atoms with Crippen LogP contribution in [0.2, 0.25) is 5.02 Å². The van der Waals surface area contributed by atoms with E-state index in [1.165, 1.54) is 0 Å². The molecule has 2 aromatic carbocycles. The average Bonchev–Trinajstić information content (AvgIpc) is 3.12. The Balaban J connectivity index is 1.39. The van der Waals surface area contributed by atoms with Crippen LogP contribution in [0.25, 0.3) is 11.3 Å². The molecule has 0 aliphatic heterocycles. The second-order valence-electron chi connectivity index (χ2n) is 7.09. The largest absolute Gasteiger partial charge is 0.441 e. The average molecular weight is 460 g/mol. The highest BCUT2D eigenvalue weighted by molar-refractivity contribution is 9.10. The summed E-state index contributed by atoms with van der Waals surface area (Å²) in [5.41, 5.74) is 1.70. The third kappa shape index (κ3) is 4.01. The number of carbonyl (C=O) groups excluding carboxylic acids is 1. The van der Waals surface area contributed by atoms with Gasteiger partial charge in [-0.25, -0.2) is 4.98 Å². The van der Waals surface area contributed by atoms with Crippen molar-refractivity contribution in [3.63, 3.8) is 0 Å². The number of nitrogens with one attached hydrogen (secondary N) is 1. The third-order valence-electron chi connectivity index (χ3n) is 5.22. The van der Waals surface area contributed by atoms with Crippen molar-refractivity contribution < 1.29 is 9.21 Å². The van der Waals surface area contributed by atoms with Gasteiger partial charge in [0.2, 0.25) is 5.91 Å². The Morgan fingerprint density at radius 2 is 2.04 bits per heavy atom. The van der Waals surface area contributed by atoms with Crippen LogP contribution in [-0.2, 0) is 16.8 Å². The Morgan fingerprint density at radius 1 is 1.21 bits per heavy atom. The fourth-order valence-electron chi connectivity index (χ4n) is 3.56. The number of aryl methyl sites for hydroxylation is 1. The highest BCUT2D eigenvalue weighted by atomic mass is 79.9. The van der Waals surface area contributed by atoms with Gasteiger partial charge in [-0.3, -0.25) is 4.79 Å². The second-order valence-corrected chi connectivity index (χ2v) is 8.42. The molecule has 1 saturated carbocycles. The number of hydrogen-bond donors (Lipinski definition) is 1. The number of benzene rings is 2. The summed E-state index contributed by atoms with van der Waals surface area (Å²) < 4.78 is 6.82. The summed E-state index contributed by atoms with van der Waals surface area (Å²) in [5, 5.41) is 3.86. The number of halogens is 2. The molecule has 4 rings (SSSR count). The summed E-state index contributed by atoms with van der Waals surface area (Å²) in [7, 11) is 0. The molecule has 0 atom stereocenters. The number of rotatable bonds is 6. The van der Waals surface area contributed by atoms with Crippen molar-refractivity contribution in [1.82, 2.24) is 10.3 Å². The monoisotopic (exact) mass is 458 g/mol. The zero-order chi connectivity index (χ0) is 19.6. The van der Waals surface area contributed by atoms with E-state index in [0.29, 0.717) is 29.5 Å². The molecular weight excluding hydrogens is 440 g/mol. The molecule has 6 heteroatoms. The van der Waals surface area contributed by atoms with Crippen LogP contribution in [0.5, 0.6) is 0 Å². The molecule has 1 aromatic heterocycles. The van der Waals surface area contributed by atoms with Gasteiger partial charge in [0, 0.05) is 22.9 Å². The van der Waals surface area contributed by atoms with Crippen LogP contribution in [0.15, 0.2) is 63.6 Å². The van der Waals surface area contributed by atoms with Gasteiger partial charge in [-0.1, -0.05) is 51.8 Å². The molecule has 0 spiro atoms. The molecule has 0 bridgehead atoms. The maximum absolute atomic E-state index is 12.6. The molecule has 144 valence electrons. The van der Waals surface area contributed by atoms with Gasteiger partial charge in [0.05, 0.1) is 16.8 Å². The van der Waals surface area contributed by atoms with E-state index in [1.54, 1.807) is 6.20 Å². The smallest absolute Gasteiger partial charge is 0.221 e. The van der Waals surface area contributed by atoms with Crippen LogP contribution in [0.1, 0.15) is 37.1 Å². The lowest BCUT2D eigenvalue weighted by atomic mass is 9.71. The van der Waals surface area contributed by atoms with E-state index in [9.17, 15) is 4.79 Å². The summed E-state index contributed by atoms with van der Waals surface area (Å²) in [6.45, 7) is 0. The van der Waals surface area contributed by atoms with Gasteiger partial charge in [-0.05, 0) is 49.1 Å². The summed E-state index contributed by atoms with van der Waals surface area (Å²) in [4.78, 5) is 16.9. The van der Waals surface area contributed by atoms with Crippen molar-refractivity contribution in [2.75, 3.05) is 0 Å². The Labute approximate surface area is 177 Å². The van der Waals surface area contributed by atoms with Crippen molar-refractivity contribution in [3.05, 3.63) is 75.7 Å². The van der Waals surface area contributed by atoms with Crippen LogP contribution in [0.4, 0.5) is 0 Å². The number of carbonyl (C=O) groups is 1. The fourth-order valence-corrected chi connectivity index (χ4v) is 4.19. The summed E-state index contributed by atoms with van der Waals surface area (Å²) in [5.74, 6) is 1.16. The Morgan fingerprint density at radius 3 is 2.75 bits per heavy atom. The maximum Gasteiger partial charge on any atom is 0.221 e. The van der Waals surface area contributed by atoms with Gasteiger partial charge in [-0.2, -0.15) is 0 Å². The van der Waals surface area contributed by atoms with E-state index in [1.807, 2.05) is 36.4 Å². The molecule has 1 aliphatic carbocycles. The number of hydrogen-bond acceptors (Lipinski definition) is 3. The lowest BCUT2D eigenvalue weighted by molar-refractivity contribution is -0.124. The van der Waals surface area contributed by atoms with E-state index in [-0.39, 0.29) is 11.4 Å². The first-order valence-electron chi connectivity index (χ1n) is 9.32. The Bertz CT molecular complexity index is 997. The van der Waals surface area contributed by atoms with Crippen molar-refractivity contribution in [2.24, 2.45) is 0 Å². The Hall–Kier alpha value is -2.11. The van der Waals surface area contributed by atoms with Gasteiger partial charge in [0.25, 0.3) is 0 Å². The predicted molar refractivity (Wildman–Crippen MR) is 113 cm³/mol. The molecule has 0 radical (unpaired) electrons. The minimum Gasteiger partial charge on any atom is -0.441 e. The van der Waals surface area contributed by atoms with Crippen molar-refractivity contribution >= 4 is 33.4 Å². The topological polar surface area (TPSA) is 55.1 Å². The van der Waals surface area contributed by atoms with E-state index in [4.69, 9.17) is 16.0 Å². The van der Waals surface area contributed by atoms with Gasteiger partial charge in [0.1, 0.15) is 0 Å². The lowest BCUT2D eigenvalue weighted by Crippen LogP contribution is -2.50. The molecule has 4 nitrogen and oxygen atoms in total. The Kier molecular flexibility index (Phi) is 5.56. The number of oxazole rings is 1. The number of aromatic nitrogens is 1. The number of amides is 1. The van der Waals surface area contributed by atoms with E-state index >= 15 is 0 Å². The minimum atomic E-state index is -0.250. The molecule has 1 aliphatic rings. The summed E-state index contributed by atoms with van der Waals surface area (Å²) in [6.07, 6.45) is 5.48. The zero-order valence-corrected chi connectivity index (χ0v) is 17.6. The molecular formula is C22H20BrClN2O2. The van der Waals surface area contributed by atoms with Gasteiger partial charge >= 0.3 is 0 Å². The summed E-state index contributed by atoms with van der Waals surface area (Å²) in [6, 6.07) is 15.6. The quantitative estimate of drug-likeness (QED) is 0.500. The summed E-state index contributed by atoms with van der Waals surface area (Å²) >= 11 is 9.72. The second kappa shape index (κ2) is 8.10. The fraction of sp³-hybridized carbons (Fsp3) is 0.273. The molecule has 0 saturated heterocycles. The molecule has 1 heterocycles. The van der Waals surface area contributed by atoms with Crippen LogP contribution in [0, 0.1) is 0 Å².